The van der Waals surface area contributed by atoms with Gasteiger partial charge in [-0.3, -0.25) is 0 Å². The quantitative estimate of drug-likeness (QED) is 0.656. The first-order chi connectivity index (χ1) is 15.1. The molecule has 0 spiro atoms. The van der Waals surface area contributed by atoms with Crippen LogP contribution in [0.15, 0.2) is 60.7 Å². The first kappa shape index (κ1) is 22.4. The van der Waals surface area contributed by atoms with E-state index in [0.717, 1.165) is 11.1 Å². The Labute approximate surface area is 182 Å². The van der Waals surface area contributed by atoms with Gasteiger partial charge in [0, 0.05) is 7.11 Å². The second-order valence-electron chi connectivity index (χ2n) is 7.99. The summed E-state index contributed by atoms with van der Waals surface area (Å²) < 4.78 is 36.0. The third-order valence-corrected chi connectivity index (χ3v) is 5.62. The van der Waals surface area contributed by atoms with Crippen LogP contribution in [-0.2, 0) is 41.6 Å². The van der Waals surface area contributed by atoms with Crippen molar-refractivity contribution in [2.45, 2.75) is 56.6 Å². The van der Waals surface area contributed by atoms with E-state index in [4.69, 9.17) is 28.4 Å². The summed E-state index contributed by atoms with van der Waals surface area (Å²) in [4.78, 5) is 0. The van der Waals surface area contributed by atoms with Crippen LogP contribution in [-0.4, -0.2) is 61.9 Å². The van der Waals surface area contributed by atoms with Crippen LogP contribution in [0.3, 0.4) is 0 Å². The van der Waals surface area contributed by atoms with Crippen molar-refractivity contribution >= 4 is 0 Å². The summed E-state index contributed by atoms with van der Waals surface area (Å²) in [5, 5.41) is 9.59. The predicted octanol–water partition coefficient (Wildman–Crippen LogP) is 2.65. The van der Waals surface area contributed by atoms with E-state index in [1.807, 2.05) is 60.7 Å². The molecule has 4 rings (SSSR count). The van der Waals surface area contributed by atoms with Crippen LogP contribution < -0.4 is 0 Å². The summed E-state index contributed by atoms with van der Waals surface area (Å²) in [6.45, 7) is 2.56. The van der Waals surface area contributed by atoms with Crippen molar-refractivity contribution in [1.29, 1.82) is 0 Å². The fraction of sp³-hybridized carbons (Fsp3) is 0.500. The second kappa shape index (κ2) is 10.2. The van der Waals surface area contributed by atoms with Crippen LogP contribution in [0.1, 0.15) is 18.1 Å². The van der Waals surface area contributed by atoms with Crippen molar-refractivity contribution in [2.24, 2.45) is 0 Å². The molecule has 1 N–H and O–H groups in total. The van der Waals surface area contributed by atoms with Crippen LogP contribution in [0.25, 0.3) is 0 Å². The summed E-state index contributed by atoms with van der Waals surface area (Å²) >= 11 is 0. The molecule has 168 valence electrons. The van der Waals surface area contributed by atoms with Crippen molar-refractivity contribution in [3.63, 3.8) is 0 Å². The fourth-order valence-corrected chi connectivity index (χ4v) is 3.93. The molecular weight excluding hydrogens is 400 g/mol. The average molecular weight is 430 g/mol. The maximum atomic E-state index is 9.59. The minimum absolute atomic E-state index is 0.243. The van der Waals surface area contributed by atoms with E-state index >= 15 is 0 Å². The molecule has 7 heteroatoms. The summed E-state index contributed by atoms with van der Waals surface area (Å²) in [5.41, 5.74) is 2.10. The molecule has 6 atom stereocenters. The standard InChI is InChI=1S/C24H30O7/c1-24(16-25)29-15-19(31-24)20-21(27-13-17-9-5-3-6-10-17)22(23(26-2)30-20)28-14-18-11-7-4-8-12-18/h3-12,19-23,25H,13-16H2,1-2H3/t19-,20+,21+,22-,23-,24-/m1/s1. The van der Waals surface area contributed by atoms with E-state index in [1.165, 1.54) is 0 Å². The normalized spacial score (nSPS) is 33.1. The monoisotopic (exact) mass is 430 g/mol. The number of hydrogen-bond donors (Lipinski definition) is 1. The van der Waals surface area contributed by atoms with Gasteiger partial charge in [0.25, 0.3) is 0 Å². The van der Waals surface area contributed by atoms with E-state index < -0.39 is 36.5 Å². The lowest BCUT2D eigenvalue weighted by Crippen LogP contribution is -2.44. The zero-order chi connectivity index (χ0) is 21.7. The highest BCUT2D eigenvalue weighted by Gasteiger charge is 2.53. The SMILES string of the molecule is CO[C@@H]1O[C@@H]([C@H]2CO[C@@](C)(CO)O2)[C@H](OCc2ccccc2)[C@H]1OCc1ccccc1. The molecule has 0 radical (unpaired) electrons. The minimum Gasteiger partial charge on any atom is -0.391 e. The van der Waals surface area contributed by atoms with Gasteiger partial charge >= 0.3 is 0 Å². The van der Waals surface area contributed by atoms with Gasteiger partial charge < -0.3 is 33.5 Å². The predicted molar refractivity (Wildman–Crippen MR) is 112 cm³/mol. The zero-order valence-electron chi connectivity index (χ0n) is 17.9. The lowest BCUT2D eigenvalue weighted by atomic mass is 10.1. The molecule has 0 aliphatic carbocycles. The van der Waals surface area contributed by atoms with E-state index in [1.54, 1.807) is 14.0 Å². The van der Waals surface area contributed by atoms with Crippen molar-refractivity contribution in [3.8, 4) is 0 Å². The largest absolute Gasteiger partial charge is 0.391 e. The molecule has 2 aromatic rings. The van der Waals surface area contributed by atoms with Gasteiger partial charge in [0.2, 0.25) is 0 Å². The molecule has 2 aliphatic rings. The smallest absolute Gasteiger partial charge is 0.189 e. The fourth-order valence-electron chi connectivity index (χ4n) is 3.93. The Morgan fingerprint density at radius 3 is 2.03 bits per heavy atom. The molecule has 0 bridgehead atoms. The van der Waals surface area contributed by atoms with Gasteiger partial charge in [-0.1, -0.05) is 60.7 Å². The van der Waals surface area contributed by atoms with E-state index in [-0.39, 0.29) is 13.2 Å². The van der Waals surface area contributed by atoms with E-state index in [9.17, 15) is 5.11 Å². The highest BCUT2D eigenvalue weighted by molar-refractivity contribution is 5.14. The topological polar surface area (TPSA) is 75.6 Å². The highest BCUT2D eigenvalue weighted by atomic mass is 16.8. The van der Waals surface area contributed by atoms with Gasteiger partial charge in [0.1, 0.15) is 24.4 Å². The first-order valence-electron chi connectivity index (χ1n) is 10.5. The van der Waals surface area contributed by atoms with Crippen LogP contribution >= 0.6 is 0 Å². The van der Waals surface area contributed by atoms with Crippen molar-refractivity contribution < 1.29 is 33.5 Å². The molecule has 2 heterocycles. The molecule has 2 aromatic carbocycles. The lowest BCUT2D eigenvalue weighted by Gasteiger charge is -2.27. The Kier molecular flexibility index (Phi) is 7.35. The van der Waals surface area contributed by atoms with E-state index in [0.29, 0.717) is 13.2 Å². The molecule has 0 unspecified atom stereocenters. The molecule has 0 saturated carbocycles. The van der Waals surface area contributed by atoms with Gasteiger partial charge in [0.15, 0.2) is 12.1 Å². The Balaban J connectivity index is 1.51. The van der Waals surface area contributed by atoms with Gasteiger partial charge in [-0.2, -0.15) is 0 Å². The van der Waals surface area contributed by atoms with Crippen molar-refractivity contribution in [2.75, 3.05) is 20.3 Å². The Bertz CT molecular complexity index is 802. The molecule has 7 nitrogen and oxygen atoms in total. The van der Waals surface area contributed by atoms with Gasteiger partial charge in [-0.05, 0) is 18.1 Å². The number of ether oxygens (including phenoxy) is 6. The molecule has 2 fully saturated rings. The third kappa shape index (κ3) is 5.32. The van der Waals surface area contributed by atoms with Crippen LogP contribution in [0.5, 0.6) is 0 Å². The Morgan fingerprint density at radius 2 is 1.52 bits per heavy atom. The van der Waals surface area contributed by atoms with Gasteiger partial charge in [0.05, 0.1) is 26.4 Å². The number of rotatable bonds is 9. The first-order valence-corrected chi connectivity index (χ1v) is 10.5. The lowest BCUT2D eigenvalue weighted by molar-refractivity contribution is -0.206. The van der Waals surface area contributed by atoms with Crippen LogP contribution in [0.2, 0.25) is 0 Å². The summed E-state index contributed by atoms with van der Waals surface area (Å²) in [6.07, 6.45) is -2.39. The maximum absolute atomic E-state index is 9.59. The molecular formula is C24H30O7. The number of methoxy groups -OCH3 is 1. The van der Waals surface area contributed by atoms with Crippen LogP contribution in [0.4, 0.5) is 0 Å². The Morgan fingerprint density at radius 1 is 0.935 bits per heavy atom. The summed E-state index contributed by atoms with van der Waals surface area (Å²) in [7, 11) is 1.59. The molecule has 31 heavy (non-hydrogen) atoms. The molecule has 2 aliphatic heterocycles. The minimum atomic E-state index is -1.05. The van der Waals surface area contributed by atoms with Crippen molar-refractivity contribution in [1.82, 2.24) is 0 Å². The van der Waals surface area contributed by atoms with Gasteiger partial charge in [-0.15, -0.1) is 0 Å². The molecule has 2 saturated heterocycles. The van der Waals surface area contributed by atoms with Crippen molar-refractivity contribution in [3.05, 3.63) is 71.8 Å². The highest BCUT2D eigenvalue weighted by Crippen LogP contribution is 2.36. The maximum Gasteiger partial charge on any atom is 0.189 e. The number of aliphatic hydroxyl groups is 1. The Hall–Kier alpha value is -1.84. The molecule has 0 amide bonds. The number of aliphatic hydroxyl groups excluding tert-OH is 1. The zero-order valence-corrected chi connectivity index (χ0v) is 17.9. The second-order valence-corrected chi connectivity index (χ2v) is 7.99. The summed E-state index contributed by atoms with van der Waals surface area (Å²) in [6, 6.07) is 19.9. The summed E-state index contributed by atoms with van der Waals surface area (Å²) in [5.74, 6) is -1.05. The molecule has 0 aromatic heterocycles. The third-order valence-electron chi connectivity index (χ3n) is 5.62. The van der Waals surface area contributed by atoms with Gasteiger partial charge in [-0.25, -0.2) is 0 Å². The van der Waals surface area contributed by atoms with E-state index in [2.05, 4.69) is 0 Å². The number of benzene rings is 2. The average Bonchev–Trinajstić information content (AvgIpc) is 3.38. The number of hydrogen-bond acceptors (Lipinski definition) is 7. The van der Waals surface area contributed by atoms with Crippen LogP contribution in [0, 0.1) is 0 Å².